The summed E-state index contributed by atoms with van der Waals surface area (Å²) in [5, 5.41) is 4.52. The smallest absolute Gasteiger partial charge is 0.410 e. The van der Waals surface area contributed by atoms with Crippen molar-refractivity contribution >= 4 is 17.1 Å². The van der Waals surface area contributed by atoms with E-state index in [1.165, 1.54) is 6.07 Å². The lowest BCUT2D eigenvalue weighted by atomic mass is 9.91. The first-order valence-electron chi connectivity index (χ1n) is 8.28. The van der Waals surface area contributed by atoms with Gasteiger partial charge < -0.3 is 14.2 Å². The number of likely N-dealkylation sites (tertiary alicyclic amines) is 1. The van der Waals surface area contributed by atoms with Crippen LogP contribution in [-0.2, 0) is 0 Å². The van der Waals surface area contributed by atoms with Crippen LogP contribution in [0.15, 0.2) is 53.1 Å². The van der Waals surface area contributed by atoms with Crippen LogP contribution in [-0.4, -0.2) is 29.2 Å². The molecule has 1 aliphatic heterocycles. The lowest BCUT2D eigenvalue weighted by Crippen LogP contribution is -2.39. The van der Waals surface area contributed by atoms with E-state index >= 15 is 0 Å². The Morgan fingerprint density at radius 2 is 1.88 bits per heavy atom. The second-order valence-corrected chi connectivity index (χ2v) is 6.12. The first kappa shape index (κ1) is 15.6. The Labute approximate surface area is 144 Å². The highest BCUT2D eigenvalue weighted by Gasteiger charge is 2.29. The third-order valence-corrected chi connectivity index (χ3v) is 4.56. The van der Waals surface area contributed by atoms with E-state index in [2.05, 4.69) is 5.16 Å². The highest BCUT2D eigenvalue weighted by Crippen LogP contribution is 2.33. The van der Waals surface area contributed by atoms with Crippen molar-refractivity contribution in [1.29, 1.82) is 0 Å². The molecule has 0 N–H and O–H groups in total. The molecule has 0 radical (unpaired) electrons. The largest absolute Gasteiger partial charge is 0.415 e. The molecule has 0 aliphatic carbocycles. The quantitative estimate of drug-likeness (QED) is 0.696. The molecule has 1 aliphatic rings. The standard InChI is InChI=1S/C19H17FN2O3/c20-15-7-4-8-16-17(15)18(21-25-16)13-9-11-22(12-10-13)19(23)24-14-5-2-1-3-6-14/h1-8,13H,9-12H2. The molecule has 1 fully saturated rings. The average Bonchev–Trinajstić information content (AvgIpc) is 3.08. The predicted octanol–water partition coefficient (Wildman–Crippen LogP) is 4.35. The van der Waals surface area contributed by atoms with Crippen LogP contribution in [0.5, 0.6) is 5.75 Å². The molecule has 0 spiro atoms. The van der Waals surface area contributed by atoms with Gasteiger partial charge in [-0.2, -0.15) is 0 Å². The number of hydrogen-bond acceptors (Lipinski definition) is 4. The number of benzene rings is 2. The highest BCUT2D eigenvalue weighted by molar-refractivity contribution is 5.80. The van der Waals surface area contributed by atoms with Crippen LogP contribution in [0.3, 0.4) is 0 Å². The molecule has 2 aromatic carbocycles. The summed E-state index contributed by atoms with van der Waals surface area (Å²) in [5.41, 5.74) is 1.10. The van der Waals surface area contributed by atoms with Gasteiger partial charge in [0.25, 0.3) is 0 Å². The Kier molecular flexibility index (Phi) is 4.09. The first-order valence-corrected chi connectivity index (χ1v) is 8.28. The van der Waals surface area contributed by atoms with E-state index in [4.69, 9.17) is 9.26 Å². The lowest BCUT2D eigenvalue weighted by Gasteiger charge is -2.30. The van der Waals surface area contributed by atoms with Crippen molar-refractivity contribution in [3.8, 4) is 5.75 Å². The first-order chi connectivity index (χ1) is 12.2. The SMILES string of the molecule is O=C(Oc1ccccc1)N1CCC(c2noc3cccc(F)c23)CC1. The third kappa shape index (κ3) is 3.07. The molecule has 0 saturated carbocycles. The van der Waals surface area contributed by atoms with Gasteiger partial charge in [0, 0.05) is 19.0 Å². The summed E-state index contributed by atoms with van der Waals surface area (Å²) >= 11 is 0. The van der Waals surface area contributed by atoms with Gasteiger partial charge in [-0.3, -0.25) is 0 Å². The van der Waals surface area contributed by atoms with E-state index in [0.717, 1.165) is 0 Å². The van der Waals surface area contributed by atoms with E-state index < -0.39 is 0 Å². The molecule has 25 heavy (non-hydrogen) atoms. The number of fused-ring (bicyclic) bond motifs is 1. The van der Waals surface area contributed by atoms with E-state index in [0.29, 0.717) is 48.3 Å². The van der Waals surface area contributed by atoms with Crippen LogP contribution in [0, 0.1) is 5.82 Å². The molecular formula is C19H17FN2O3. The Morgan fingerprint density at radius 3 is 2.64 bits per heavy atom. The van der Waals surface area contributed by atoms with Gasteiger partial charge in [-0.1, -0.05) is 29.4 Å². The second-order valence-electron chi connectivity index (χ2n) is 6.12. The number of nitrogens with zero attached hydrogens (tertiary/aromatic N) is 2. The molecule has 6 heteroatoms. The van der Waals surface area contributed by atoms with Crippen LogP contribution in [0.25, 0.3) is 11.0 Å². The van der Waals surface area contributed by atoms with Crippen molar-refractivity contribution in [1.82, 2.24) is 10.1 Å². The minimum absolute atomic E-state index is 0.0684. The fourth-order valence-electron chi connectivity index (χ4n) is 3.24. The van der Waals surface area contributed by atoms with E-state index in [1.54, 1.807) is 29.2 Å². The Hall–Kier alpha value is -2.89. The van der Waals surface area contributed by atoms with Crippen LogP contribution in [0.2, 0.25) is 0 Å². The molecule has 0 unspecified atom stereocenters. The number of carbonyl (C=O) groups excluding carboxylic acids is 1. The van der Waals surface area contributed by atoms with Crippen molar-refractivity contribution in [2.24, 2.45) is 0 Å². The Balaban J connectivity index is 1.43. The van der Waals surface area contributed by atoms with Crippen molar-refractivity contribution in [3.05, 3.63) is 60.0 Å². The maximum atomic E-state index is 14.1. The number of piperidine rings is 1. The van der Waals surface area contributed by atoms with Gasteiger partial charge >= 0.3 is 6.09 Å². The van der Waals surface area contributed by atoms with E-state index in [9.17, 15) is 9.18 Å². The summed E-state index contributed by atoms with van der Waals surface area (Å²) in [6.45, 7) is 1.08. The maximum absolute atomic E-state index is 14.1. The molecule has 3 aromatic rings. The van der Waals surface area contributed by atoms with Gasteiger partial charge in [0.1, 0.15) is 11.6 Å². The molecule has 0 atom stereocenters. The number of aromatic nitrogens is 1. The van der Waals surface area contributed by atoms with Gasteiger partial charge in [-0.15, -0.1) is 0 Å². The third-order valence-electron chi connectivity index (χ3n) is 4.56. The van der Waals surface area contributed by atoms with Gasteiger partial charge in [-0.25, -0.2) is 9.18 Å². The second kappa shape index (κ2) is 6.55. The van der Waals surface area contributed by atoms with Gasteiger partial charge in [0.15, 0.2) is 5.58 Å². The summed E-state index contributed by atoms with van der Waals surface area (Å²) in [6.07, 6.45) is 1.03. The van der Waals surface area contributed by atoms with Crippen LogP contribution in [0.4, 0.5) is 9.18 Å². The number of halogens is 1. The average molecular weight is 340 g/mol. The number of amides is 1. The predicted molar refractivity (Wildman–Crippen MR) is 90.0 cm³/mol. The molecule has 1 aromatic heterocycles. The number of para-hydroxylation sites is 1. The molecule has 0 bridgehead atoms. The summed E-state index contributed by atoms with van der Waals surface area (Å²) in [5.74, 6) is 0.276. The topological polar surface area (TPSA) is 55.6 Å². The molecule has 1 amide bonds. The molecule has 128 valence electrons. The van der Waals surface area contributed by atoms with Crippen molar-refractivity contribution in [3.63, 3.8) is 0 Å². The summed E-state index contributed by atoms with van der Waals surface area (Å²) in [4.78, 5) is 13.9. The van der Waals surface area contributed by atoms with Gasteiger partial charge in [-0.05, 0) is 37.1 Å². The van der Waals surface area contributed by atoms with Crippen molar-refractivity contribution in [2.45, 2.75) is 18.8 Å². The maximum Gasteiger partial charge on any atom is 0.415 e. The molecule has 2 heterocycles. The fraction of sp³-hybridized carbons (Fsp3) is 0.263. The van der Waals surface area contributed by atoms with E-state index in [1.807, 2.05) is 18.2 Å². The zero-order valence-electron chi connectivity index (χ0n) is 13.5. The van der Waals surface area contributed by atoms with Crippen LogP contribution < -0.4 is 4.74 Å². The van der Waals surface area contributed by atoms with Crippen LogP contribution in [0.1, 0.15) is 24.5 Å². The van der Waals surface area contributed by atoms with Crippen molar-refractivity contribution in [2.75, 3.05) is 13.1 Å². The van der Waals surface area contributed by atoms with Crippen LogP contribution >= 0.6 is 0 Å². The molecular weight excluding hydrogens is 323 g/mol. The molecule has 5 nitrogen and oxygen atoms in total. The van der Waals surface area contributed by atoms with Gasteiger partial charge in [0.2, 0.25) is 0 Å². The summed E-state index contributed by atoms with van der Waals surface area (Å²) in [6, 6.07) is 13.7. The molecule has 4 rings (SSSR count). The highest BCUT2D eigenvalue weighted by atomic mass is 19.1. The zero-order valence-corrected chi connectivity index (χ0v) is 13.5. The van der Waals surface area contributed by atoms with Crippen molar-refractivity contribution < 1.29 is 18.4 Å². The Morgan fingerprint density at radius 1 is 1.12 bits per heavy atom. The van der Waals surface area contributed by atoms with E-state index in [-0.39, 0.29) is 17.8 Å². The number of ether oxygens (including phenoxy) is 1. The summed E-state index contributed by atoms with van der Waals surface area (Å²) in [7, 11) is 0. The molecule has 1 saturated heterocycles. The Bertz CT molecular complexity index is 886. The number of rotatable bonds is 2. The minimum Gasteiger partial charge on any atom is -0.410 e. The fourth-order valence-corrected chi connectivity index (χ4v) is 3.24. The van der Waals surface area contributed by atoms with Gasteiger partial charge in [0.05, 0.1) is 11.1 Å². The lowest BCUT2D eigenvalue weighted by molar-refractivity contribution is 0.138. The number of carbonyl (C=O) groups is 1. The number of hydrogen-bond donors (Lipinski definition) is 0. The normalized spacial score (nSPS) is 15.5. The minimum atomic E-state index is -0.360. The summed E-state index contributed by atoms with van der Waals surface area (Å²) < 4.78 is 24.7. The zero-order chi connectivity index (χ0) is 17.2. The monoisotopic (exact) mass is 340 g/mol.